The number of carbonyl (C=O) groups excluding carboxylic acids is 1. The topological polar surface area (TPSA) is 78.8 Å². The first-order valence-corrected chi connectivity index (χ1v) is 11.4. The van der Waals surface area contributed by atoms with E-state index in [9.17, 15) is 13.2 Å². The van der Waals surface area contributed by atoms with Gasteiger partial charge >= 0.3 is 0 Å². The van der Waals surface area contributed by atoms with E-state index in [1.807, 2.05) is 6.92 Å². The number of sulfonamides is 1. The van der Waals surface area contributed by atoms with Gasteiger partial charge in [0.1, 0.15) is 6.54 Å². The van der Waals surface area contributed by atoms with Crippen molar-refractivity contribution in [3.8, 4) is 0 Å². The highest BCUT2D eigenvalue weighted by Gasteiger charge is 2.27. The molecular weight excluding hydrogens is 457 g/mol. The molecule has 3 aromatic carbocycles. The van der Waals surface area contributed by atoms with Crippen molar-refractivity contribution in [2.45, 2.75) is 11.8 Å². The molecule has 0 saturated heterocycles. The van der Waals surface area contributed by atoms with Gasteiger partial charge in [-0.1, -0.05) is 65.2 Å². The Bertz CT molecular complexity index is 1180. The van der Waals surface area contributed by atoms with E-state index in [1.165, 1.54) is 18.3 Å². The van der Waals surface area contributed by atoms with Crippen LogP contribution in [0.15, 0.2) is 82.8 Å². The third-order valence-corrected chi connectivity index (χ3v) is 6.77. The number of halogens is 2. The second-order valence-electron chi connectivity index (χ2n) is 6.59. The first-order valence-electron chi connectivity index (χ1n) is 9.19. The average Bonchev–Trinajstić information content (AvgIpc) is 2.75. The van der Waals surface area contributed by atoms with Gasteiger partial charge in [0.15, 0.2) is 0 Å². The third kappa shape index (κ3) is 5.64. The molecule has 0 aromatic heterocycles. The van der Waals surface area contributed by atoms with Crippen LogP contribution in [0.5, 0.6) is 0 Å². The number of rotatable bonds is 7. The van der Waals surface area contributed by atoms with E-state index < -0.39 is 22.5 Å². The number of hydrogen-bond acceptors (Lipinski definition) is 4. The van der Waals surface area contributed by atoms with Gasteiger partial charge in [-0.25, -0.2) is 13.8 Å². The van der Waals surface area contributed by atoms with E-state index in [4.69, 9.17) is 23.2 Å². The summed E-state index contributed by atoms with van der Waals surface area (Å²) in [7, 11) is -3.97. The quantitative estimate of drug-likeness (QED) is 0.399. The minimum absolute atomic E-state index is 0.0784. The Morgan fingerprint density at radius 1 is 0.968 bits per heavy atom. The smallest absolute Gasteiger partial charge is 0.264 e. The zero-order valence-corrected chi connectivity index (χ0v) is 18.8. The molecule has 3 aromatic rings. The van der Waals surface area contributed by atoms with E-state index >= 15 is 0 Å². The highest BCUT2D eigenvalue weighted by molar-refractivity contribution is 7.92. The molecule has 0 heterocycles. The molecule has 0 radical (unpaired) electrons. The molecule has 0 aliphatic rings. The van der Waals surface area contributed by atoms with Crippen molar-refractivity contribution in [2.75, 3.05) is 10.8 Å². The summed E-state index contributed by atoms with van der Waals surface area (Å²) < 4.78 is 27.5. The zero-order chi connectivity index (χ0) is 22.4. The van der Waals surface area contributed by atoms with Gasteiger partial charge < -0.3 is 0 Å². The lowest BCUT2D eigenvalue weighted by atomic mass is 10.2. The first kappa shape index (κ1) is 22.8. The summed E-state index contributed by atoms with van der Waals surface area (Å²) in [5.41, 5.74) is 4.10. The highest BCUT2D eigenvalue weighted by Crippen LogP contribution is 2.24. The second-order valence-corrected chi connectivity index (χ2v) is 9.27. The minimum Gasteiger partial charge on any atom is -0.271 e. The van der Waals surface area contributed by atoms with Crippen molar-refractivity contribution in [2.24, 2.45) is 5.10 Å². The van der Waals surface area contributed by atoms with Crippen molar-refractivity contribution in [1.29, 1.82) is 0 Å². The van der Waals surface area contributed by atoms with Gasteiger partial charge in [0.25, 0.3) is 15.9 Å². The van der Waals surface area contributed by atoms with Crippen LogP contribution < -0.4 is 9.73 Å². The molecule has 0 bridgehead atoms. The van der Waals surface area contributed by atoms with Crippen LogP contribution in [-0.4, -0.2) is 27.1 Å². The Hall–Kier alpha value is -2.87. The largest absolute Gasteiger partial charge is 0.271 e. The molecule has 1 N–H and O–H groups in total. The van der Waals surface area contributed by atoms with Crippen molar-refractivity contribution in [3.05, 3.63) is 94.0 Å². The number of amides is 1. The average molecular weight is 476 g/mol. The summed E-state index contributed by atoms with van der Waals surface area (Å²) in [5, 5.41) is 4.61. The van der Waals surface area contributed by atoms with E-state index in [0.717, 1.165) is 9.87 Å². The molecule has 31 heavy (non-hydrogen) atoms. The lowest BCUT2D eigenvalue weighted by molar-refractivity contribution is -0.119. The van der Waals surface area contributed by atoms with Crippen LogP contribution in [0, 0.1) is 6.92 Å². The molecule has 160 valence electrons. The summed E-state index contributed by atoms with van der Waals surface area (Å²) in [6.07, 6.45) is 1.31. The maximum Gasteiger partial charge on any atom is 0.264 e. The van der Waals surface area contributed by atoms with Gasteiger partial charge in [0.05, 0.1) is 26.8 Å². The number of carbonyl (C=O) groups is 1. The molecule has 0 aliphatic carbocycles. The SMILES string of the molecule is Cc1ccc(N(CC(=O)N/N=C/c2c(Cl)cccc2Cl)S(=O)(=O)c2ccccc2)cc1. The van der Waals surface area contributed by atoms with E-state index in [0.29, 0.717) is 21.3 Å². The van der Waals surface area contributed by atoms with Crippen LogP contribution in [0.2, 0.25) is 10.0 Å². The normalized spacial score (nSPS) is 11.5. The number of hydrogen-bond donors (Lipinski definition) is 1. The van der Waals surface area contributed by atoms with Crippen LogP contribution in [0.25, 0.3) is 0 Å². The monoisotopic (exact) mass is 475 g/mol. The zero-order valence-electron chi connectivity index (χ0n) is 16.5. The van der Waals surface area contributed by atoms with Gasteiger partial charge in [-0.15, -0.1) is 0 Å². The molecule has 3 rings (SSSR count). The highest BCUT2D eigenvalue weighted by atomic mass is 35.5. The van der Waals surface area contributed by atoms with Gasteiger partial charge in [-0.05, 0) is 43.3 Å². The van der Waals surface area contributed by atoms with Gasteiger partial charge in [-0.3, -0.25) is 9.10 Å². The Morgan fingerprint density at radius 3 is 2.19 bits per heavy atom. The fraction of sp³-hybridized carbons (Fsp3) is 0.0909. The molecule has 0 spiro atoms. The fourth-order valence-electron chi connectivity index (χ4n) is 2.71. The number of benzene rings is 3. The van der Waals surface area contributed by atoms with Gasteiger partial charge in [0, 0.05) is 5.56 Å². The number of anilines is 1. The summed E-state index contributed by atoms with van der Waals surface area (Å²) in [4.78, 5) is 12.6. The summed E-state index contributed by atoms with van der Waals surface area (Å²) in [5.74, 6) is -0.625. The van der Waals surface area contributed by atoms with Crippen molar-refractivity contribution in [3.63, 3.8) is 0 Å². The Balaban J connectivity index is 1.84. The molecule has 0 aliphatic heterocycles. The molecule has 0 atom stereocenters. The Morgan fingerprint density at radius 2 is 1.58 bits per heavy atom. The van der Waals surface area contributed by atoms with Gasteiger partial charge in [-0.2, -0.15) is 5.10 Å². The van der Waals surface area contributed by atoms with Crippen molar-refractivity contribution >= 4 is 51.0 Å². The van der Waals surface area contributed by atoms with Crippen LogP contribution in [0.4, 0.5) is 5.69 Å². The van der Waals surface area contributed by atoms with Crippen LogP contribution >= 0.6 is 23.2 Å². The second kappa shape index (κ2) is 9.96. The van der Waals surface area contributed by atoms with Crippen molar-refractivity contribution in [1.82, 2.24) is 5.43 Å². The standard InChI is InChI=1S/C22H19Cl2N3O3S/c1-16-10-12-17(13-11-16)27(31(29,30)18-6-3-2-4-7-18)15-22(28)26-25-14-19-20(23)8-5-9-21(19)24/h2-14H,15H2,1H3,(H,26,28)/b25-14+. The van der Waals surface area contributed by atoms with Crippen molar-refractivity contribution < 1.29 is 13.2 Å². The summed E-state index contributed by atoms with van der Waals surface area (Å²) in [6.45, 7) is 1.43. The predicted molar refractivity (Wildman–Crippen MR) is 124 cm³/mol. The number of aryl methyl sites for hydroxylation is 1. The number of nitrogens with one attached hydrogen (secondary N) is 1. The minimum atomic E-state index is -3.97. The van der Waals surface area contributed by atoms with Crippen LogP contribution in [0.1, 0.15) is 11.1 Å². The van der Waals surface area contributed by atoms with E-state index in [-0.39, 0.29) is 4.90 Å². The summed E-state index contributed by atoms with van der Waals surface area (Å²) >= 11 is 12.1. The van der Waals surface area contributed by atoms with Crippen LogP contribution in [0.3, 0.4) is 0 Å². The fourth-order valence-corrected chi connectivity index (χ4v) is 4.65. The molecule has 0 unspecified atom stereocenters. The lowest BCUT2D eigenvalue weighted by Crippen LogP contribution is -2.39. The maximum atomic E-state index is 13.2. The Labute approximate surface area is 191 Å². The first-order chi connectivity index (χ1) is 14.8. The molecule has 0 fully saturated rings. The number of hydrazone groups is 1. The lowest BCUT2D eigenvalue weighted by Gasteiger charge is -2.23. The van der Waals surface area contributed by atoms with E-state index in [2.05, 4.69) is 10.5 Å². The molecule has 6 nitrogen and oxygen atoms in total. The molecule has 0 saturated carbocycles. The molecular formula is C22H19Cl2N3O3S. The molecule has 1 amide bonds. The third-order valence-electron chi connectivity index (χ3n) is 4.32. The van der Waals surface area contributed by atoms with Crippen LogP contribution in [-0.2, 0) is 14.8 Å². The molecule has 9 heteroatoms. The Kier molecular flexibility index (Phi) is 7.33. The van der Waals surface area contributed by atoms with E-state index in [1.54, 1.807) is 60.7 Å². The maximum absolute atomic E-state index is 13.2. The van der Waals surface area contributed by atoms with Gasteiger partial charge in [0.2, 0.25) is 0 Å². The number of nitrogens with zero attached hydrogens (tertiary/aromatic N) is 2. The summed E-state index contributed by atoms with van der Waals surface area (Å²) in [6, 6.07) is 19.7. The predicted octanol–water partition coefficient (Wildman–Crippen LogP) is 4.65.